The Bertz CT molecular complexity index is 1730. The topological polar surface area (TPSA) is 92.5 Å². The summed E-state index contributed by atoms with van der Waals surface area (Å²) in [6.07, 6.45) is 0. The lowest BCUT2D eigenvalue weighted by molar-refractivity contribution is -0.130. The molecular formula is C36H39Cl3N6O3. The van der Waals surface area contributed by atoms with Crippen molar-refractivity contribution in [1.82, 2.24) is 19.6 Å². The molecule has 48 heavy (non-hydrogen) atoms. The van der Waals surface area contributed by atoms with E-state index in [1.165, 1.54) is 0 Å². The third kappa shape index (κ3) is 7.42. The van der Waals surface area contributed by atoms with Crippen LogP contribution in [0.3, 0.4) is 0 Å². The van der Waals surface area contributed by atoms with Crippen LogP contribution >= 0.6 is 34.8 Å². The molecule has 0 N–H and O–H groups in total. The van der Waals surface area contributed by atoms with Gasteiger partial charge in [0.1, 0.15) is 17.6 Å². The second-order valence-corrected chi connectivity index (χ2v) is 13.9. The molecule has 0 spiro atoms. The van der Waals surface area contributed by atoms with Gasteiger partial charge in [0.15, 0.2) is 0 Å². The first-order chi connectivity index (χ1) is 22.8. The zero-order valence-electron chi connectivity index (χ0n) is 27.7. The number of piperazine rings is 1. The Balaban J connectivity index is 1.64. The number of ether oxygens (including phenoxy) is 1. The molecule has 2 atom stereocenters. The Hall–Kier alpha value is -3.81. The highest BCUT2D eigenvalue weighted by Crippen LogP contribution is 2.46. The number of rotatable bonds is 8. The van der Waals surface area contributed by atoms with Crippen LogP contribution in [0.2, 0.25) is 15.1 Å². The zero-order chi connectivity index (χ0) is 34.7. The first-order valence-corrected chi connectivity index (χ1v) is 17.0. The van der Waals surface area contributed by atoms with Gasteiger partial charge in [-0.25, -0.2) is 4.79 Å². The number of benzene rings is 3. The van der Waals surface area contributed by atoms with Crippen molar-refractivity contribution >= 4 is 52.6 Å². The number of amidine groups is 1. The number of halogens is 3. The van der Waals surface area contributed by atoms with Gasteiger partial charge < -0.3 is 14.5 Å². The lowest BCUT2D eigenvalue weighted by Crippen LogP contribution is -2.55. The van der Waals surface area contributed by atoms with E-state index in [1.807, 2.05) is 43.3 Å². The van der Waals surface area contributed by atoms with Gasteiger partial charge in [0.25, 0.3) is 0 Å². The summed E-state index contributed by atoms with van der Waals surface area (Å²) in [6.45, 7) is 8.05. The monoisotopic (exact) mass is 708 g/mol. The van der Waals surface area contributed by atoms with Gasteiger partial charge in [-0.05, 0) is 73.9 Å². The third-order valence-corrected chi connectivity index (χ3v) is 9.58. The van der Waals surface area contributed by atoms with E-state index in [2.05, 4.69) is 11.0 Å². The largest absolute Gasteiger partial charge is 0.493 e. The molecule has 12 heteroatoms. The smallest absolute Gasteiger partial charge is 0.326 e. The number of aliphatic imine (C=N–C) groups is 1. The number of likely N-dealkylation sites (N-methyl/N-ethyl adjacent to an activating group) is 1. The van der Waals surface area contributed by atoms with E-state index in [-0.39, 0.29) is 11.9 Å². The van der Waals surface area contributed by atoms with E-state index in [0.717, 1.165) is 11.1 Å². The molecule has 5 rings (SSSR count). The molecule has 0 saturated carbocycles. The zero-order valence-corrected chi connectivity index (χ0v) is 30.0. The molecule has 2 aliphatic heterocycles. The Kier molecular flexibility index (Phi) is 10.9. The quantitative estimate of drug-likeness (QED) is 0.247. The molecule has 0 aliphatic carbocycles. The van der Waals surface area contributed by atoms with Gasteiger partial charge in [-0.3, -0.25) is 19.6 Å². The maximum atomic E-state index is 14.8. The van der Waals surface area contributed by atoms with Gasteiger partial charge >= 0.3 is 6.03 Å². The van der Waals surface area contributed by atoms with Crippen LogP contribution in [0.1, 0.15) is 55.1 Å². The van der Waals surface area contributed by atoms with Gasteiger partial charge in [-0.2, -0.15) is 5.26 Å². The normalized spacial score (nSPS) is 18.4. The Labute approximate surface area is 297 Å². The number of hydrogen-bond donors (Lipinski definition) is 0. The minimum atomic E-state index is -0.889. The van der Waals surface area contributed by atoms with Gasteiger partial charge in [0.2, 0.25) is 5.91 Å². The van der Waals surface area contributed by atoms with Gasteiger partial charge in [0, 0.05) is 55.3 Å². The summed E-state index contributed by atoms with van der Waals surface area (Å²) in [6, 6.07) is 19.4. The number of carbonyl (C=O) groups is 2. The third-order valence-electron chi connectivity index (χ3n) is 8.76. The van der Waals surface area contributed by atoms with E-state index in [1.54, 1.807) is 66.9 Å². The van der Waals surface area contributed by atoms with E-state index < -0.39 is 17.5 Å². The van der Waals surface area contributed by atoms with Crippen molar-refractivity contribution in [2.45, 2.75) is 38.3 Å². The maximum Gasteiger partial charge on any atom is 0.326 e. The number of amides is 3. The van der Waals surface area contributed by atoms with Crippen molar-refractivity contribution in [1.29, 1.82) is 5.26 Å². The molecule has 0 aromatic heterocycles. The van der Waals surface area contributed by atoms with Crippen molar-refractivity contribution in [3.05, 3.63) is 98.0 Å². The van der Waals surface area contributed by atoms with Crippen molar-refractivity contribution in [2.75, 3.05) is 53.4 Å². The van der Waals surface area contributed by atoms with Gasteiger partial charge in [-0.1, -0.05) is 59.1 Å². The molecule has 252 valence electrons. The predicted octanol–water partition coefficient (Wildman–Crippen LogP) is 7.22. The molecule has 1 fully saturated rings. The average molecular weight is 710 g/mol. The van der Waals surface area contributed by atoms with Crippen LogP contribution in [0, 0.1) is 11.3 Å². The highest BCUT2D eigenvalue weighted by Gasteiger charge is 2.45. The van der Waals surface area contributed by atoms with Gasteiger partial charge in [0.05, 0.1) is 36.2 Å². The SMILES string of the molecule is CCOc1cc(C(C)(C)C#N)c(Cl)cc1C1=N[C@@H](c2ccc(Cl)cc2)[C@@H](c2ccc(Cl)cc2)N1C(=O)N1CCN(CC(=O)N(C)C)CC1. The molecule has 2 aliphatic rings. The molecule has 3 aromatic rings. The van der Waals surface area contributed by atoms with Crippen LogP contribution in [0.5, 0.6) is 5.75 Å². The molecule has 0 radical (unpaired) electrons. The number of urea groups is 1. The fourth-order valence-corrected chi connectivity index (χ4v) is 6.63. The van der Waals surface area contributed by atoms with Gasteiger partial charge in [-0.15, -0.1) is 0 Å². The van der Waals surface area contributed by atoms with Crippen LogP contribution in [-0.4, -0.2) is 90.8 Å². The lowest BCUT2D eigenvalue weighted by atomic mass is 9.85. The summed E-state index contributed by atoms with van der Waals surface area (Å²) in [5.41, 5.74) is 1.97. The highest BCUT2D eigenvalue weighted by atomic mass is 35.5. The number of nitrogens with zero attached hydrogens (tertiary/aromatic N) is 6. The molecule has 9 nitrogen and oxygen atoms in total. The van der Waals surface area contributed by atoms with E-state index in [4.69, 9.17) is 44.5 Å². The second-order valence-electron chi connectivity index (χ2n) is 12.6. The van der Waals surface area contributed by atoms with E-state index >= 15 is 0 Å². The Morgan fingerprint density at radius 3 is 2.08 bits per heavy atom. The molecule has 1 saturated heterocycles. The predicted molar refractivity (Wildman–Crippen MR) is 190 cm³/mol. The summed E-state index contributed by atoms with van der Waals surface area (Å²) in [7, 11) is 3.47. The van der Waals surface area contributed by atoms with E-state index in [0.29, 0.717) is 77.1 Å². The summed E-state index contributed by atoms with van der Waals surface area (Å²) in [5.74, 6) is 0.882. The van der Waals surface area contributed by atoms with Crippen LogP contribution in [0.25, 0.3) is 0 Å². The Morgan fingerprint density at radius 2 is 1.54 bits per heavy atom. The Morgan fingerprint density at radius 1 is 0.958 bits per heavy atom. The number of carbonyl (C=O) groups excluding carboxylic acids is 2. The maximum absolute atomic E-state index is 14.8. The van der Waals surface area contributed by atoms with Crippen molar-refractivity contribution < 1.29 is 14.3 Å². The first-order valence-electron chi connectivity index (χ1n) is 15.8. The lowest BCUT2D eigenvalue weighted by Gasteiger charge is -2.39. The second kappa shape index (κ2) is 14.8. The van der Waals surface area contributed by atoms with E-state index in [9.17, 15) is 14.9 Å². The number of nitriles is 1. The number of hydrogen-bond acceptors (Lipinski definition) is 6. The summed E-state index contributed by atoms with van der Waals surface area (Å²) in [4.78, 5) is 39.7. The van der Waals surface area contributed by atoms with Crippen LogP contribution < -0.4 is 4.74 Å². The van der Waals surface area contributed by atoms with Crippen LogP contribution in [0.15, 0.2) is 65.7 Å². The molecular weight excluding hydrogens is 671 g/mol. The first kappa shape index (κ1) is 35.5. The fourth-order valence-electron chi connectivity index (χ4n) is 5.98. The molecule has 0 bridgehead atoms. The highest BCUT2D eigenvalue weighted by molar-refractivity contribution is 6.32. The summed E-state index contributed by atoms with van der Waals surface area (Å²) >= 11 is 19.5. The van der Waals surface area contributed by atoms with Crippen molar-refractivity contribution in [3.8, 4) is 11.8 Å². The minimum Gasteiger partial charge on any atom is -0.493 e. The molecule has 0 unspecified atom stereocenters. The van der Waals surface area contributed by atoms with Crippen molar-refractivity contribution in [2.24, 2.45) is 4.99 Å². The summed E-state index contributed by atoms with van der Waals surface area (Å²) < 4.78 is 6.16. The van der Waals surface area contributed by atoms with Crippen LogP contribution in [0.4, 0.5) is 4.79 Å². The minimum absolute atomic E-state index is 0.0145. The molecule has 3 amide bonds. The fraction of sp³-hybridized carbons (Fsp3) is 0.389. The summed E-state index contributed by atoms with van der Waals surface area (Å²) in [5, 5.41) is 11.4. The van der Waals surface area contributed by atoms with Crippen molar-refractivity contribution in [3.63, 3.8) is 0 Å². The molecule has 2 heterocycles. The average Bonchev–Trinajstić information content (AvgIpc) is 3.46. The van der Waals surface area contributed by atoms with Crippen LogP contribution in [-0.2, 0) is 10.2 Å². The standard InChI is InChI=1S/C36H39Cl3N6O3/c1-6-48-30-20-28(36(2,3)22-40)29(39)19-27(30)34-41-32(23-7-11-25(37)12-8-23)33(24-9-13-26(38)14-10-24)45(34)35(47)44-17-15-43(16-18-44)21-31(46)42(4)5/h7-14,19-20,32-33H,6,15-18,21H2,1-5H3/t32-,33+/m0/s1. The molecule has 3 aromatic carbocycles.